The highest BCUT2D eigenvalue weighted by Gasteiger charge is 2.19. The van der Waals surface area contributed by atoms with Gasteiger partial charge in [-0.2, -0.15) is 0 Å². The predicted molar refractivity (Wildman–Crippen MR) is 288 cm³/mol. The van der Waals surface area contributed by atoms with E-state index in [4.69, 9.17) is 14.2 Å². The molecular weight excluding hydrogens is 829 g/mol. The number of allylic oxidation sites excluding steroid dienone is 18. The van der Waals surface area contributed by atoms with E-state index in [1.165, 1.54) is 64.2 Å². The minimum absolute atomic E-state index is 0.0867. The Bertz CT molecular complexity index is 1390. The van der Waals surface area contributed by atoms with E-state index in [0.29, 0.717) is 19.3 Å². The maximum absolute atomic E-state index is 12.7. The number of ether oxygens (including phenoxy) is 3. The minimum Gasteiger partial charge on any atom is -0.462 e. The minimum atomic E-state index is -0.785. The summed E-state index contributed by atoms with van der Waals surface area (Å²) in [6.07, 6.45) is 74.0. The molecule has 0 aromatic heterocycles. The molecule has 0 saturated heterocycles. The van der Waals surface area contributed by atoms with E-state index < -0.39 is 6.10 Å². The lowest BCUT2D eigenvalue weighted by Gasteiger charge is -2.18. The van der Waals surface area contributed by atoms with E-state index >= 15 is 0 Å². The Labute approximate surface area is 412 Å². The molecule has 0 rings (SSSR count). The van der Waals surface area contributed by atoms with Crippen LogP contribution in [-0.4, -0.2) is 37.2 Å². The monoisotopic (exact) mass is 929 g/mol. The molecule has 67 heavy (non-hydrogen) atoms. The first-order valence-electron chi connectivity index (χ1n) is 27.4. The highest BCUT2D eigenvalue weighted by atomic mass is 16.6. The summed E-state index contributed by atoms with van der Waals surface area (Å²) < 4.78 is 16.7. The maximum Gasteiger partial charge on any atom is 0.306 e. The Balaban J connectivity index is 4.14. The van der Waals surface area contributed by atoms with Crippen LogP contribution in [0, 0.1) is 0 Å². The van der Waals surface area contributed by atoms with Crippen molar-refractivity contribution in [2.45, 2.75) is 245 Å². The van der Waals surface area contributed by atoms with Gasteiger partial charge < -0.3 is 14.2 Å². The van der Waals surface area contributed by atoms with Crippen LogP contribution < -0.4 is 0 Å². The summed E-state index contributed by atoms with van der Waals surface area (Å²) in [4.78, 5) is 37.7. The standard InChI is InChI=1S/C61H100O6/c1-4-7-10-13-16-18-20-22-23-24-25-26-27-28-29-30-31-32-33-34-35-36-37-38-39-40-42-43-45-48-51-54-60(63)66-57-58(56-65-59(62)53-50-47-15-12-9-6-3)67-61(64)55-52-49-46-44-41-21-19-17-14-11-8-5-2/h7,10,16-19,22-23,25-26,28-29,31-32,34-35,37-38,58H,4-6,8-9,11-15,20-21,24,27,30,33,36,39-57H2,1-3H3/b10-7-,18-16-,19-17-,23-22-,26-25-,29-28-,32-31-,35-34-,38-37-. The van der Waals surface area contributed by atoms with Crippen molar-refractivity contribution in [3.63, 3.8) is 0 Å². The van der Waals surface area contributed by atoms with Gasteiger partial charge in [-0.15, -0.1) is 0 Å². The third-order valence-corrected chi connectivity index (χ3v) is 11.3. The van der Waals surface area contributed by atoms with E-state index in [2.05, 4.69) is 130 Å². The molecule has 0 bridgehead atoms. The van der Waals surface area contributed by atoms with Crippen LogP contribution in [0.5, 0.6) is 0 Å². The molecule has 0 spiro atoms. The Hall–Kier alpha value is -3.93. The van der Waals surface area contributed by atoms with Crippen LogP contribution in [0.4, 0.5) is 0 Å². The Morgan fingerprint density at radius 2 is 0.582 bits per heavy atom. The molecule has 0 N–H and O–H groups in total. The van der Waals surface area contributed by atoms with Crippen molar-refractivity contribution in [3.05, 3.63) is 109 Å². The topological polar surface area (TPSA) is 78.9 Å². The summed E-state index contributed by atoms with van der Waals surface area (Å²) in [5.74, 6) is -0.926. The second-order valence-corrected chi connectivity index (χ2v) is 17.8. The van der Waals surface area contributed by atoms with Gasteiger partial charge in [-0.25, -0.2) is 0 Å². The van der Waals surface area contributed by atoms with Crippen LogP contribution in [0.2, 0.25) is 0 Å². The van der Waals surface area contributed by atoms with E-state index in [1.54, 1.807) is 0 Å². The molecule has 6 nitrogen and oxygen atoms in total. The molecule has 0 heterocycles. The molecule has 0 saturated carbocycles. The summed E-state index contributed by atoms with van der Waals surface area (Å²) in [5.41, 5.74) is 0. The fourth-order valence-corrected chi connectivity index (χ4v) is 7.16. The second-order valence-electron chi connectivity index (χ2n) is 17.8. The Kier molecular flexibility index (Phi) is 51.5. The van der Waals surface area contributed by atoms with Crippen LogP contribution in [0.1, 0.15) is 239 Å². The molecule has 0 radical (unpaired) electrons. The van der Waals surface area contributed by atoms with Crippen LogP contribution in [0.3, 0.4) is 0 Å². The molecule has 1 atom stereocenters. The summed E-state index contributed by atoms with van der Waals surface area (Å²) in [5, 5.41) is 0. The fraction of sp³-hybridized carbons (Fsp3) is 0.656. The van der Waals surface area contributed by atoms with Crippen molar-refractivity contribution in [1.29, 1.82) is 0 Å². The van der Waals surface area contributed by atoms with Crippen molar-refractivity contribution in [1.82, 2.24) is 0 Å². The summed E-state index contributed by atoms with van der Waals surface area (Å²) in [6, 6.07) is 0. The van der Waals surface area contributed by atoms with Crippen molar-refractivity contribution in [2.75, 3.05) is 13.2 Å². The van der Waals surface area contributed by atoms with Gasteiger partial charge in [0.25, 0.3) is 0 Å². The fourth-order valence-electron chi connectivity index (χ4n) is 7.16. The lowest BCUT2D eigenvalue weighted by atomic mass is 10.1. The Morgan fingerprint density at radius 1 is 0.313 bits per heavy atom. The van der Waals surface area contributed by atoms with Crippen LogP contribution in [-0.2, 0) is 28.6 Å². The lowest BCUT2D eigenvalue weighted by molar-refractivity contribution is -0.167. The number of unbranched alkanes of at least 4 members (excludes halogenated alkanes) is 19. The first-order valence-corrected chi connectivity index (χ1v) is 27.4. The van der Waals surface area contributed by atoms with Gasteiger partial charge in [-0.05, 0) is 109 Å². The van der Waals surface area contributed by atoms with Crippen molar-refractivity contribution < 1.29 is 28.6 Å². The number of esters is 3. The van der Waals surface area contributed by atoms with Gasteiger partial charge >= 0.3 is 17.9 Å². The smallest absolute Gasteiger partial charge is 0.306 e. The molecule has 0 fully saturated rings. The summed E-state index contributed by atoms with van der Waals surface area (Å²) in [6.45, 7) is 6.40. The van der Waals surface area contributed by atoms with E-state index in [0.717, 1.165) is 135 Å². The third kappa shape index (κ3) is 52.9. The van der Waals surface area contributed by atoms with Crippen molar-refractivity contribution in [2.24, 2.45) is 0 Å². The van der Waals surface area contributed by atoms with E-state index in [9.17, 15) is 14.4 Å². The van der Waals surface area contributed by atoms with Crippen molar-refractivity contribution in [3.8, 4) is 0 Å². The number of carbonyl (C=O) groups excluding carboxylic acids is 3. The van der Waals surface area contributed by atoms with Gasteiger partial charge in [0.05, 0.1) is 0 Å². The summed E-state index contributed by atoms with van der Waals surface area (Å²) >= 11 is 0. The van der Waals surface area contributed by atoms with Gasteiger partial charge in [-0.3, -0.25) is 14.4 Å². The predicted octanol–water partition coefficient (Wildman–Crippen LogP) is 18.3. The zero-order valence-corrected chi connectivity index (χ0v) is 43.4. The number of rotatable bonds is 48. The van der Waals surface area contributed by atoms with Gasteiger partial charge in [0.15, 0.2) is 6.10 Å². The molecule has 0 aliphatic heterocycles. The first kappa shape index (κ1) is 63.1. The average molecular weight is 929 g/mol. The summed E-state index contributed by atoms with van der Waals surface area (Å²) in [7, 11) is 0. The normalized spacial score (nSPS) is 12.9. The van der Waals surface area contributed by atoms with E-state index in [-0.39, 0.29) is 31.1 Å². The second kappa shape index (κ2) is 54.7. The molecule has 0 aromatic rings. The number of hydrogen-bond acceptors (Lipinski definition) is 6. The molecule has 0 aliphatic carbocycles. The molecule has 6 heteroatoms. The largest absolute Gasteiger partial charge is 0.462 e. The van der Waals surface area contributed by atoms with Gasteiger partial charge in [0, 0.05) is 19.3 Å². The van der Waals surface area contributed by atoms with Gasteiger partial charge in [-0.1, -0.05) is 220 Å². The van der Waals surface area contributed by atoms with Crippen LogP contribution >= 0.6 is 0 Å². The maximum atomic E-state index is 12.7. The van der Waals surface area contributed by atoms with Crippen LogP contribution in [0.15, 0.2) is 109 Å². The average Bonchev–Trinajstić information content (AvgIpc) is 3.33. The molecule has 1 unspecified atom stereocenters. The lowest BCUT2D eigenvalue weighted by Crippen LogP contribution is -2.30. The molecule has 380 valence electrons. The van der Waals surface area contributed by atoms with Crippen LogP contribution in [0.25, 0.3) is 0 Å². The first-order chi connectivity index (χ1) is 33.0. The third-order valence-electron chi connectivity index (χ3n) is 11.3. The molecular formula is C61H100O6. The molecule has 0 aromatic carbocycles. The van der Waals surface area contributed by atoms with Crippen molar-refractivity contribution >= 4 is 17.9 Å². The zero-order chi connectivity index (χ0) is 48.6. The van der Waals surface area contributed by atoms with E-state index in [1.807, 2.05) is 0 Å². The quantitative estimate of drug-likeness (QED) is 0.0262. The SMILES string of the molecule is CC/C=C\C/C=C\C/C=C\C/C=C\C/C=C\C/C=C\C/C=C\C/C=C\CCCCCCCCC(=O)OCC(COC(=O)CCCCCCCC)OC(=O)CCCCCCC/C=C\CCCCC. The highest BCUT2D eigenvalue weighted by molar-refractivity contribution is 5.71. The molecule has 0 amide bonds. The number of carbonyl (C=O) groups is 3. The Morgan fingerprint density at radius 3 is 0.955 bits per heavy atom. The zero-order valence-electron chi connectivity index (χ0n) is 43.4. The van der Waals surface area contributed by atoms with Gasteiger partial charge in [0.1, 0.15) is 13.2 Å². The van der Waals surface area contributed by atoms with Gasteiger partial charge in [0.2, 0.25) is 0 Å². The molecule has 0 aliphatic rings. The number of hydrogen-bond donors (Lipinski definition) is 0. The highest BCUT2D eigenvalue weighted by Crippen LogP contribution is 2.13.